The molecule has 0 unspecified atom stereocenters. The molecule has 1 amide bonds. The van der Waals surface area contributed by atoms with Crippen LogP contribution in [0.15, 0.2) is 61.4 Å². The van der Waals surface area contributed by atoms with Gasteiger partial charge in [-0.2, -0.15) is 0 Å². The molecule has 0 aliphatic carbocycles. The summed E-state index contributed by atoms with van der Waals surface area (Å²) in [5, 5.41) is 23.1. The van der Waals surface area contributed by atoms with Crippen LogP contribution in [0.1, 0.15) is 5.56 Å². The highest BCUT2D eigenvalue weighted by Gasteiger charge is 2.09. The Kier molecular flexibility index (Phi) is 4.67. The maximum Gasteiger partial charge on any atom is 0.409 e. The molecule has 11 nitrogen and oxygen atoms in total. The monoisotopic (exact) mass is 428 g/mol. The molecule has 0 radical (unpaired) electrons. The van der Waals surface area contributed by atoms with Gasteiger partial charge in [0.2, 0.25) is 5.88 Å². The molecule has 3 heterocycles. The lowest BCUT2D eigenvalue weighted by Gasteiger charge is -2.12. The summed E-state index contributed by atoms with van der Waals surface area (Å²) in [5.41, 5.74) is 3.42. The quantitative estimate of drug-likeness (QED) is 0.379. The Balaban J connectivity index is 1.40. The summed E-state index contributed by atoms with van der Waals surface area (Å²) >= 11 is 0. The van der Waals surface area contributed by atoms with E-state index in [1.165, 1.54) is 6.33 Å². The van der Waals surface area contributed by atoms with E-state index in [4.69, 9.17) is 9.84 Å². The van der Waals surface area contributed by atoms with Crippen LogP contribution in [-0.4, -0.2) is 40.7 Å². The number of amides is 1. The van der Waals surface area contributed by atoms with Gasteiger partial charge in [-0.25, -0.2) is 19.7 Å². The molecule has 0 bridgehead atoms. The summed E-state index contributed by atoms with van der Waals surface area (Å²) in [6.45, 7) is 1.92. The lowest BCUT2D eigenvalue weighted by Crippen LogP contribution is -2.07. The molecule has 158 valence electrons. The van der Waals surface area contributed by atoms with Gasteiger partial charge in [0.05, 0.1) is 5.52 Å². The maximum atomic E-state index is 10.9. The first-order chi connectivity index (χ1) is 15.5. The topological polar surface area (TPSA) is 139 Å². The molecule has 0 atom stereocenters. The third-order valence-corrected chi connectivity index (χ3v) is 4.70. The predicted molar refractivity (Wildman–Crippen MR) is 117 cm³/mol. The summed E-state index contributed by atoms with van der Waals surface area (Å²) in [5.74, 6) is 1.61. The van der Waals surface area contributed by atoms with Gasteiger partial charge in [-0.15, -0.1) is 10.2 Å². The fraction of sp³-hybridized carbons (Fsp3) is 0.0476. The van der Waals surface area contributed by atoms with E-state index >= 15 is 0 Å². The molecule has 32 heavy (non-hydrogen) atoms. The molecule has 2 aromatic carbocycles. The second kappa shape index (κ2) is 7.80. The van der Waals surface area contributed by atoms with Crippen molar-refractivity contribution in [3.8, 4) is 11.6 Å². The molecule has 0 fully saturated rings. The highest BCUT2D eigenvalue weighted by molar-refractivity contribution is 5.95. The molecule has 3 N–H and O–H groups in total. The number of rotatable bonds is 5. The van der Waals surface area contributed by atoms with E-state index in [-0.39, 0.29) is 0 Å². The van der Waals surface area contributed by atoms with Crippen LogP contribution in [0, 0.1) is 6.92 Å². The van der Waals surface area contributed by atoms with Crippen LogP contribution in [0.5, 0.6) is 11.6 Å². The van der Waals surface area contributed by atoms with E-state index in [1.807, 2.05) is 25.1 Å². The number of carboxylic acid groups (broad SMARTS) is 1. The molecular weight excluding hydrogens is 412 g/mol. The van der Waals surface area contributed by atoms with Gasteiger partial charge in [0.15, 0.2) is 5.65 Å². The summed E-state index contributed by atoms with van der Waals surface area (Å²) < 4.78 is 7.60. The zero-order valence-corrected chi connectivity index (χ0v) is 16.7. The minimum Gasteiger partial charge on any atom is -0.465 e. The van der Waals surface area contributed by atoms with Gasteiger partial charge in [0.25, 0.3) is 0 Å². The molecule has 11 heteroatoms. The molecule has 0 aliphatic rings. The lowest BCUT2D eigenvalue weighted by molar-refractivity contribution is 0.210. The number of aromatic nitrogens is 6. The van der Waals surface area contributed by atoms with E-state index in [2.05, 4.69) is 35.8 Å². The average Bonchev–Trinajstić information content (AvgIpc) is 3.24. The van der Waals surface area contributed by atoms with Gasteiger partial charge in [0.1, 0.15) is 30.5 Å². The van der Waals surface area contributed by atoms with Crippen LogP contribution in [0.25, 0.3) is 16.6 Å². The van der Waals surface area contributed by atoms with Crippen molar-refractivity contribution in [3.05, 3.63) is 67.0 Å². The number of hydrogen-bond donors (Lipinski definition) is 3. The minimum atomic E-state index is -1.14. The summed E-state index contributed by atoms with van der Waals surface area (Å²) in [4.78, 5) is 23.7. The minimum absolute atomic E-state index is 0.412. The molecular formula is C21H16N8O3. The maximum absolute atomic E-state index is 10.9. The van der Waals surface area contributed by atoms with E-state index in [0.717, 1.165) is 11.3 Å². The molecule has 5 rings (SSSR count). The molecule has 0 saturated carbocycles. The number of ether oxygens (including phenoxy) is 1. The van der Waals surface area contributed by atoms with E-state index in [0.29, 0.717) is 39.7 Å². The van der Waals surface area contributed by atoms with E-state index in [9.17, 15) is 4.79 Å². The third-order valence-electron chi connectivity index (χ3n) is 4.70. The van der Waals surface area contributed by atoms with Crippen molar-refractivity contribution in [1.82, 2.24) is 29.5 Å². The number of benzene rings is 2. The van der Waals surface area contributed by atoms with Crippen LogP contribution in [0.3, 0.4) is 0 Å². The number of anilines is 3. The number of nitrogens with zero attached hydrogens (tertiary/aromatic N) is 6. The van der Waals surface area contributed by atoms with Gasteiger partial charge in [0, 0.05) is 22.8 Å². The summed E-state index contributed by atoms with van der Waals surface area (Å²) in [6, 6.07) is 12.4. The number of fused-ring (bicyclic) bond motifs is 2. The van der Waals surface area contributed by atoms with E-state index < -0.39 is 6.09 Å². The summed E-state index contributed by atoms with van der Waals surface area (Å²) in [6.07, 6.45) is 3.46. The van der Waals surface area contributed by atoms with Crippen molar-refractivity contribution in [2.24, 2.45) is 0 Å². The Morgan fingerprint density at radius 1 is 1.03 bits per heavy atom. The van der Waals surface area contributed by atoms with Crippen molar-refractivity contribution < 1.29 is 14.6 Å². The summed E-state index contributed by atoms with van der Waals surface area (Å²) in [7, 11) is 0. The molecule has 3 aromatic heterocycles. The lowest BCUT2D eigenvalue weighted by atomic mass is 10.1. The van der Waals surface area contributed by atoms with Gasteiger partial charge in [-0.3, -0.25) is 9.72 Å². The van der Waals surface area contributed by atoms with Gasteiger partial charge >= 0.3 is 6.09 Å². The Bertz CT molecular complexity index is 1470. The van der Waals surface area contributed by atoms with Gasteiger partial charge < -0.3 is 15.2 Å². The van der Waals surface area contributed by atoms with Gasteiger partial charge in [-0.1, -0.05) is 0 Å². The Morgan fingerprint density at radius 2 is 1.91 bits per heavy atom. The van der Waals surface area contributed by atoms with Crippen LogP contribution in [0.2, 0.25) is 0 Å². The zero-order chi connectivity index (χ0) is 22.1. The first-order valence-corrected chi connectivity index (χ1v) is 9.51. The number of aryl methyl sites for hydroxylation is 1. The molecule has 0 saturated heterocycles. The van der Waals surface area contributed by atoms with Crippen molar-refractivity contribution in [3.63, 3.8) is 0 Å². The van der Waals surface area contributed by atoms with Crippen LogP contribution in [-0.2, 0) is 0 Å². The van der Waals surface area contributed by atoms with Crippen molar-refractivity contribution in [2.45, 2.75) is 6.92 Å². The second-order valence-corrected chi connectivity index (χ2v) is 6.92. The largest absolute Gasteiger partial charge is 0.465 e. The number of nitrogens with one attached hydrogen (secondary N) is 2. The standard InChI is InChI=1S/C21H16N8O3/c1-12-6-13(3-5-17(12)32-19-8-18-28-25-11-29(18)10-24-19)26-20-15-7-14(27-21(30)31)2-4-16(15)22-9-23-20/h2-11,27H,1H3,(H,30,31)(H,22,23,26). The number of carbonyl (C=O) groups is 1. The predicted octanol–water partition coefficient (Wildman–Crippen LogP) is 4.00. The highest BCUT2D eigenvalue weighted by Crippen LogP contribution is 2.30. The third kappa shape index (κ3) is 3.81. The normalized spacial score (nSPS) is 10.9. The smallest absolute Gasteiger partial charge is 0.409 e. The van der Waals surface area contributed by atoms with Crippen LogP contribution >= 0.6 is 0 Å². The fourth-order valence-corrected chi connectivity index (χ4v) is 3.21. The Labute approximate surface area is 180 Å². The van der Waals surface area contributed by atoms with Gasteiger partial charge in [-0.05, 0) is 48.9 Å². The molecule has 0 aliphatic heterocycles. The Morgan fingerprint density at radius 3 is 2.75 bits per heavy atom. The second-order valence-electron chi connectivity index (χ2n) is 6.92. The van der Waals surface area contributed by atoms with Crippen LogP contribution < -0.4 is 15.4 Å². The molecule has 5 aromatic rings. The molecule has 0 spiro atoms. The first-order valence-electron chi connectivity index (χ1n) is 9.51. The SMILES string of the molecule is Cc1cc(Nc2ncnc3ccc(NC(=O)O)cc23)ccc1Oc1cc2nncn2cn1. The average molecular weight is 428 g/mol. The Hall–Kier alpha value is -4.80. The van der Waals surface area contributed by atoms with E-state index in [1.54, 1.807) is 41.3 Å². The van der Waals surface area contributed by atoms with Crippen molar-refractivity contribution in [2.75, 3.05) is 10.6 Å². The van der Waals surface area contributed by atoms with Crippen molar-refractivity contribution >= 4 is 39.8 Å². The fourth-order valence-electron chi connectivity index (χ4n) is 3.21. The highest BCUT2D eigenvalue weighted by atomic mass is 16.5. The van der Waals surface area contributed by atoms with Crippen molar-refractivity contribution in [1.29, 1.82) is 0 Å². The first kappa shape index (κ1) is 19.2. The van der Waals surface area contributed by atoms with Crippen LogP contribution in [0.4, 0.5) is 22.0 Å². The zero-order valence-electron chi connectivity index (χ0n) is 16.7. The number of hydrogen-bond acceptors (Lipinski definition) is 8.